The van der Waals surface area contributed by atoms with Gasteiger partial charge in [0.15, 0.2) is 0 Å². The first kappa shape index (κ1) is 19.4. The molecule has 2 aromatic carbocycles. The number of carbonyl (C=O) groups excluding carboxylic acids is 1. The molecule has 0 aliphatic carbocycles. The molecule has 0 spiro atoms. The van der Waals surface area contributed by atoms with Crippen LogP contribution in [-0.4, -0.2) is 37.1 Å². The highest BCUT2D eigenvalue weighted by Gasteiger charge is 2.27. The van der Waals surface area contributed by atoms with Crippen molar-refractivity contribution in [1.29, 1.82) is 0 Å². The minimum absolute atomic E-state index is 0.315. The molecule has 0 fully saturated rings. The summed E-state index contributed by atoms with van der Waals surface area (Å²) in [5.74, 6) is 1.48. The zero-order valence-electron chi connectivity index (χ0n) is 16.5. The molecule has 2 aromatic rings. The fourth-order valence-electron chi connectivity index (χ4n) is 3.67. The molecule has 0 saturated carbocycles. The topological polar surface area (TPSA) is 38.8 Å². The van der Waals surface area contributed by atoms with Gasteiger partial charge in [-0.25, -0.2) is 4.79 Å². The molecule has 1 heterocycles. The van der Waals surface area contributed by atoms with Crippen molar-refractivity contribution in [2.45, 2.75) is 39.5 Å². The van der Waals surface area contributed by atoms with Gasteiger partial charge in [-0.05, 0) is 62.7 Å². The lowest BCUT2D eigenvalue weighted by Gasteiger charge is -2.24. The van der Waals surface area contributed by atoms with Gasteiger partial charge in [0.2, 0.25) is 0 Å². The Labute approximate surface area is 162 Å². The Kier molecular flexibility index (Phi) is 6.51. The van der Waals surface area contributed by atoms with E-state index in [1.165, 1.54) is 0 Å². The largest absolute Gasteiger partial charge is 0.493 e. The Morgan fingerprint density at radius 1 is 1.15 bits per heavy atom. The average Bonchev–Trinajstić information content (AvgIpc) is 3.04. The lowest BCUT2D eigenvalue weighted by Crippen LogP contribution is -2.30. The molecule has 4 heteroatoms. The Morgan fingerprint density at radius 3 is 2.59 bits per heavy atom. The number of carbonyl (C=O) groups is 1. The summed E-state index contributed by atoms with van der Waals surface area (Å²) in [6.07, 6.45) is 2.29. The van der Waals surface area contributed by atoms with E-state index in [2.05, 4.69) is 18.7 Å². The summed E-state index contributed by atoms with van der Waals surface area (Å²) in [5.41, 5.74) is 2.66. The van der Waals surface area contributed by atoms with Crippen LogP contribution in [0.15, 0.2) is 42.5 Å². The SMILES string of the molecule is CCCN(CCC)CC1COc2ccc(OC(=O)c3ccccc3C)cc21. The van der Waals surface area contributed by atoms with Gasteiger partial charge in [0.25, 0.3) is 0 Å². The van der Waals surface area contributed by atoms with Crippen LogP contribution in [-0.2, 0) is 0 Å². The highest BCUT2D eigenvalue weighted by molar-refractivity contribution is 5.92. The molecule has 1 atom stereocenters. The second-order valence-corrected chi connectivity index (χ2v) is 7.21. The fraction of sp³-hybridized carbons (Fsp3) is 0.435. The second kappa shape index (κ2) is 9.05. The first-order chi connectivity index (χ1) is 13.1. The highest BCUT2D eigenvalue weighted by Crippen LogP contribution is 2.37. The lowest BCUT2D eigenvalue weighted by molar-refractivity contribution is 0.0734. The van der Waals surface area contributed by atoms with Crippen LogP contribution in [0.4, 0.5) is 0 Å². The molecule has 0 radical (unpaired) electrons. The third kappa shape index (κ3) is 4.69. The van der Waals surface area contributed by atoms with E-state index < -0.39 is 0 Å². The van der Waals surface area contributed by atoms with Crippen molar-refractivity contribution in [3.05, 3.63) is 59.2 Å². The number of benzene rings is 2. The summed E-state index contributed by atoms with van der Waals surface area (Å²) in [7, 11) is 0. The Hall–Kier alpha value is -2.33. The summed E-state index contributed by atoms with van der Waals surface area (Å²) in [6, 6.07) is 13.2. The number of aryl methyl sites for hydroxylation is 1. The van der Waals surface area contributed by atoms with Gasteiger partial charge in [-0.15, -0.1) is 0 Å². The normalized spacial score (nSPS) is 15.5. The first-order valence-electron chi connectivity index (χ1n) is 9.89. The number of fused-ring (bicyclic) bond motifs is 1. The van der Waals surface area contributed by atoms with Crippen molar-refractivity contribution < 1.29 is 14.3 Å². The van der Waals surface area contributed by atoms with Crippen molar-refractivity contribution in [3.63, 3.8) is 0 Å². The summed E-state index contributed by atoms with van der Waals surface area (Å²) >= 11 is 0. The number of esters is 1. The van der Waals surface area contributed by atoms with E-state index in [1.54, 1.807) is 6.07 Å². The van der Waals surface area contributed by atoms with Gasteiger partial charge >= 0.3 is 5.97 Å². The van der Waals surface area contributed by atoms with Crippen molar-refractivity contribution in [2.75, 3.05) is 26.2 Å². The van der Waals surface area contributed by atoms with E-state index in [0.29, 0.717) is 23.8 Å². The molecule has 0 amide bonds. The minimum Gasteiger partial charge on any atom is -0.493 e. The van der Waals surface area contributed by atoms with Gasteiger partial charge in [-0.2, -0.15) is 0 Å². The molecule has 144 valence electrons. The van der Waals surface area contributed by atoms with E-state index in [4.69, 9.17) is 9.47 Å². The van der Waals surface area contributed by atoms with Crippen LogP contribution >= 0.6 is 0 Å². The molecular formula is C23H29NO3. The highest BCUT2D eigenvalue weighted by atomic mass is 16.5. The van der Waals surface area contributed by atoms with Gasteiger partial charge in [-0.1, -0.05) is 32.0 Å². The molecule has 27 heavy (non-hydrogen) atoms. The third-order valence-corrected chi connectivity index (χ3v) is 4.99. The molecule has 1 aliphatic heterocycles. The standard InChI is InChI=1S/C23H29NO3/c1-4-12-24(13-5-2)15-18-16-26-22-11-10-19(14-21(18)22)27-23(25)20-9-7-6-8-17(20)3/h6-11,14,18H,4-5,12-13,15-16H2,1-3H3. The number of nitrogens with zero attached hydrogens (tertiary/aromatic N) is 1. The molecule has 3 rings (SSSR count). The molecule has 0 aromatic heterocycles. The van der Waals surface area contributed by atoms with Crippen LogP contribution in [0.25, 0.3) is 0 Å². The maximum atomic E-state index is 12.5. The maximum Gasteiger partial charge on any atom is 0.343 e. The van der Waals surface area contributed by atoms with E-state index >= 15 is 0 Å². The van der Waals surface area contributed by atoms with Crippen molar-refractivity contribution in [1.82, 2.24) is 4.90 Å². The second-order valence-electron chi connectivity index (χ2n) is 7.21. The predicted octanol–water partition coefficient (Wildman–Crippen LogP) is 4.81. The zero-order valence-corrected chi connectivity index (χ0v) is 16.5. The fourth-order valence-corrected chi connectivity index (χ4v) is 3.67. The number of hydrogen-bond acceptors (Lipinski definition) is 4. The Balaban J connectivity index is 1.74. The van der Waals surface area contributed by atoms with Crippen molar-refractivity contribution >= 4 is 5.97 Å². The average molecular weight is 367 g/mol. The quantitative estimate of drug-likeness (QED) is 0.496. The number of hydrogen-bond donors (Lipinski definition) is 0. The van der Waals surface area contributed by atoms with Crippen LogP contribution < -0.4 is 9.47 Å². The Morgan fingerprint density at radius 2 is 1.89 bits per heavy atom. The summed E-state index contributed by atoms with van der Waals surface area (Å²) < 4.78 is 11.5. The first-order valence-corrected chi connectivity index (χ1v) is 9.89. The van der Waals surface area contributed by atoms with E-state index in [0.717, 1.165) is 49.4 Å². The summed E-state index contributed by atoms with van der Waals surface area (Å²) in [5, 5.41) is 0. The van der Waals surface area contributed by atoms with Gasteiger partial charge in [-0.3, -0.25) is 0 Å². The lowest BCUT2D eigenvalue weighted by atomic mass is 10.00. The molecular weight excluding hydrogens is 338 g/mol. The van der Waals surface area contributed by atoms with E-state index in [9.17, 15) is 4.79 Å². The van der Waals surface area contributed by atoms with Crippen LogP contribution in [0.2, 0.25) is 0 Å². The van der Waals surface area contributed by atoms with Gasteiger partial charge in [0.1, 0.15) is 11.5 Å². The summed E-state index contributed by atoms with van der Waals surface area (Å²) in [4.78, 5) is 15.0. The van der Waals surface area contributed by atoms with Gasteiger partial charge in [0, 0.05) is 18.0 Å². The summed E-state index contributed by atoms with van der Waals surface area (Å²) in [6.45, 7) is 10.2. The molecule has 0 N–H and O–H groups in total. The number of ether oxygens (including phenoxy) is 2. The molecule has 0 saturated heterocycles. The van der Waals surface area contributed by atoms with Crippen LogP contribution in [0.1, 0.15) is 54.1 Å². The molecule has 1 aliphatic rings. The smallest absolute Gasteiger partial charge is 0.343 e. The Bertz CT molecular complexity index is 781. The van der Waals surface area contributed by atoms with Crippen LogP contribution in [0.3, 0.4) is 0 Å². The van der Waals surface area contributed by atoms with Crippen molar-refractivity contribution in [3.8, 4) is 11.5 Å². The van der Waals surface area contributed by atoms with Gasteiger partial charge in [0.05, 0.1) is 12.2 Å². The van der Waals surface area contributed by atoms with Crippen LogP contribution in [0.5, 0.6) is 11.5 Å². The molecule has 4 nitrogen and oxygen atoms in total. The van der Waals surface area contributed by atoms with Crippen LogP contribution in [0, 0.1) is 6.92 Å². The zero-order chi connectivity index (χ0) is 19.2. The third-order valence-electron chi connectivity index (χ3n) is 4.99. The number of rotatable bonds is 8. The van der Waals surface area contributed by atoms with E-state index in [1.807, 2.05) is 43.3 Å². The predicted molar refractivity (Wildman–Crippen MR) is 108 cm³/mol. The monoisotopic (exact) mass is 367 g/mol. The maximum absolute atomic E-state index is 12.5. The van der Waals surface area contributed by atoms with Gasteiger partial charge < -0.3 is 14.4 Å². The minimum atomic E-state index is -0.317. The molecule has 0 bridgehead atoms. The van der Waals surface area contributed by atoms with E-state index in [-0.39, 0.29) is 5.97 Å². The molecule has 1 unspecified atom stereocenters. The van der Waals surface area contributed by atoms with Crippen molar-refractivity contribution in [2.24, 2.45) is 0 Å².